The predicted molar refractivity (Wildman–Crippen MR) is 94.7 cm³/mol. The molecule has 2 rings (SSSR count). The number of ether oxygens (including phenoxy) is 1. The van der Waals surface area contributed by atoms with Gasteiger partial charge in [0.05, 0.1) is 16.7 Å². The highest BCUT2D eigenvalue weighted by Crippen LogP contribution is 2.40. The molecule has 0 aliphatic heterocycles. The summed E-state index contributed by atoms with van der Waals surface area (Å²) >= 11 is 18.4. The molecule has 2 aromatic rings. The Morgan fingerprint density at radius 2 is 1.64 bits per heavy atom. The molecule has 1 nitrogen and oxygen atoms in total. The molecule has 0 saturated carbocycles. The van der Waals surface area contributed by atoms with Crippen molar-refractivity contribution in [3.63, 3.8) is 0 Å². The molecular formula is C18H18Cl3O. The van der Waals surface area contributed by atoms with Crippen LogP contribution in [0, 0.1) is 6.07 Å². The van der Waals surface area contributed by atoms with Crippen molar-refractivity contribution in [3.05, 3.63) is 63.6 Å². The van der Waals surface area contributed by atoms with Crippen molar-refractivity contribution in [1.29, 1.82) is 0 Å². The SMILES string of the molecule is CC(C)(c1cc[c]cc1)c1cc(Cl)c(OCCCCl)c(Cl)c1. The first-order valence-electron chi connectivity index (χ1n) is 7.11. The van der Waals surface area contributed by atoms with Crippen LogP contribution in [0.5, 0.6) is 5.75 Å². The molecule has 0 N–H and O–H groups in total. The minimum absolute atomic E-state index is 0.211. The molecule has 4 heteroatoms. The molecule has 0 amide bonds. The largest absolute Gasteiger partial charge is 0.490 e. The Morgan fingerprint density at radius 1 is 1.05 bits per heavy atom. The molecule has 0 atom stereocenters. The van der Waals surface area contributed by atoms with E-state index in [9.17, 15) is 0 Å². The van der Waals surface area contributed by atoms with E-state index in [4.69, 9.17) is 39.5 Å². The molecule has 117 valence electrons. The fraction of sp³-hybridized carbons (Fsp3) is 0.333. The standard InChI is InChI=1S/C18H18Cl3O/c1-18(2,13-7-4-3-5-8-13)14-11-15(20)17(16(21)12-14)22-10-6-9-19/h4-5,7-8,11-12H,6,9-10H2,1-2H3. The van der Waals surface area contributed by atoms with Gasteiger partial charge >= 0.3 is 0 Å². The van der Waals surface area contributed by atoms with Gasteiger partial charge in [-0.2, -0.15) is 0 Å². The van der Waals surface area contributed by atoms with E-state index in [1.807, 2.05) is 36.4 Å². The van der Waals surface area contributed by atoms with Gasteiger partial charge in [-0.25, -0.2) is 0 Å². The Hall–Kier alpha value is -0.890. The second kappa shape index (κ2) is 7.59. The molecule has 0 aliphatic carbocycles. The molecular weight excluding hydrogens is 339 g/mol. The summed E-state index contributed by atoms with van der Waals surface area (Å²) in [5.74, 6) is 1.07. The van der Waals surface area contributed by atoms with Gasteiger partial charge in [-0.15, -0.1) is 11.6 Å². The summed E-state index contributed by atoms with van der Waals surface area (Å²) in [5, 5.41) is 1.04. The molecule has 0 aliphatic rings. The zero-order chi connectivity index (χ0) is 16.2. The molecule has 0 heterocycles. The molecule has 0 unspecified atom stereocenters. The van der Waals surface area contributed by atoms with Gasteiger partial charge in [0.2, 0.25) is 0 Å². The summed E-state index contributed by atoms with van der Waals surface area (Å²) in [6.45, 7) is 4.77. The maximum atomic E-state index is 6.36. The summed E-state index contributed by atoms with van der Waals surface area (Å²) < 4.78 is 5.63. The lowest BCUT2D eigenvalue weighted by molar-refractivity contribution is 0.318. The second-order valence-electron chi connectivity index (χ2n) is 5.57. The monoisotopic (exact) mass is 355 g/mol. The lowest BCUT2D eigenvalue weighted by Gasteiger charge is -2.27. The minimum atomic E-state index is -0.211. The molecule has 0 saturated heterocycles. The van der Waals surface area contributed by atoms with E-state index in [0.29, 0.717) is 28.3 Å². The normalized spacial score (nSPS) is 11.5. The second-order valence-corrected chi connectivity index (χ2v) is 6.77. The van der Waals surface area contributed by atoms with Crippen molar-refractivity contribution in [2.45, 2.75) is 25.7 Å². The minimum Gasteiger partial charge on any atom is -0.490 e. The third kappa shape index (κ3) is 3.90. The van der Waals surface area contributed by atoms with Gasteiger partial charge in [0.1, 0.15) is 0 Å². The number of hydrogen-bond acceptors (Lipinski definition) is 1. The molecule has 0 bridgehead atoms. The summed E-state index contributed by atoms with van der Waals surface area (Å²) in [6, 6.07) is 14.8. The van der Waals surface area contributed by atoms with Gasteiger partial charge in [0.15, 0.2) is 5.75 Å². The van der Waals surface area contributed by atoms with E-state index < -0.39 is 0 Å². The van der Waals surface area contributed by atoms with Crippen molar-refractivity contribution in [2.24, 2.45) is 0 Å². The van der Waals surface area contributed by atoms with Crippen LogP contribution in [0.15, 0.2) is 36.4 Å². The Bertz CT molecular complexity index is 600. The Morgan fingerprint density at radius 3 is 2.18 bits per heavy atom. The third-order valence-corrected chi connectivity index (χ3v) is 4.51. The van der Waals surface area contributed by atoms with E-state index in [-0.39, 0.29) is 5.41 Å². The summed E-state index contributed by atoms with van der Waals surface area (Å²) in [4.78, 5) is 0. The fourth-order valence-electron chi connectivity index (χ4n) is 2.26. The van der Waals surface area contributed by atoms with Crippen molar-refractivity contribution in [2.75, 3.05) is 12.5 Å². The average Bonchev–Trinajstić information content (AvgIpc) is 2.50. The molecule has 0 spiro atoms. The average molecular weight is 357 g/mol. The zero-order valence-corrected chi connectivity index (χ0v) is 14.9. The first kappa shape index (κ1) is 17.5. The van der Waals surface area contributed by atoms with Crippen LogP contribution in [-0.2, 0) is 5.41 Å². The van der Waals surface area contributed by atoms with Gasteiger partial charge < -0.3 is 4.74 Å². The Labute approximate surface area is 147 Å². The molecule has 0 aromatic heterocycles. The van der Waals surface area contributed by atoms with Gasteiger partial charge in [-0.05, 0) is 35.7 Å². The van der Waals surface area contributed by atoms with Crippen molar-refractivity contribution >= 4 is 34.8 Å². The number of rotatable bonds is 6. The van der Waals surface area contributed by atoms with Crippen LogP contribution < -0.4 is 4.74 Å². The van der Waals surface area contributed by atoms with E-state index >= 15 is 0 Å². The van der Waals surface area contributed by atoms with Crippen LogP contribution in [0.2, 0.25) is 10.0 Å². The van der Waals surface area contributed by atoms with Crippen molar-refractivity contribution in [3.8, 4) is 5.75 Å². The topological polar surface area (TPSA) is 9.23 Å². The van der Waals surface area contributed by atoms with Crippen LogP contribution in [0.4, 0.5) is 0 Å². The highest BCUT2D eigenvalue weighted by molar-refractivity contribution is 6.37. The molecule has 1 radical (unpaired) electrons. The number of halogens is 3. The lowest BCUT2D eigenvalue weighted by Crippen LogP contribution is -2.19. The van der Waals surface area contributed by atoms with Crippen LogP contribution in [0.25, 0.3) is 0 Å². The predicted octanol–water partition coefficient (Wildman–Crippen LogP) is 6.13. The maximum Gasteiger partial charge on any atom is 0.156 e. The number of hydrogen-bond donors (Lipinski definition) is 0. The first-order chi connectivity index (χ1) is 10.5. The van der Waals surface area contributed by atoms with Gasteiger partial charge in [0.25, 0.3) is 0 Å². The van der Waals surface area contributed by atoms with Gasteiger partial charge in [-0.1, -0.05) is 61.3 Å². The Balaban J connectivity index is 2.33. The smallest absolute Gasteiger partial charge is 0.156 e. The van der Waals surface area contributed by atoms with Crippen LogP contribution in [0.1, 0.15) is 31.4 Å². The maximum absolute atomic E-state index is 6.36. The Kier molecular flexibility index (Phi) is 6.02. The fourth-order valence-corrected chi connectivity index (χ4v) is 2.96. The summed E-state index contributed by atoms with van der Waals surface area (Å²) in [6.07, 6.45) is 0.752. The highest BCUT2D eigenvalue weighted by atomic mass is 35.5. The summed E-state index contributed by atoms with van der Waals surface area (Å²) in [7, 11) is 0. The van der Waals surface area contributed by atoms with E-state index in [0.717, 1.165) is 12.0 Å². The van der Waals surface area contributed by atoms with Crippen LogP contribution in [-0.4, -0.2) is 12.5 Å². The van der Waals surface area contributed by atoms with Gasteiger partial charge in [-0.3, -0.25) is 0 Å². The zero-order valence-electron chi connectivity index (χ0n) is 12.6. The number of alkyl halides is 1. The van der Waals surface area contributed by atoms with E-state index in [1.54, 1.807) is 0 Å². The van der Waals surface area contributed by atoms with E-state index in [2.05, 4.69) is 19.9 Å². The van der Waals surface area contributed by atoms with Crippen molar-refractivity contribution in [1.82, 2.24) is 0 Å². The molecule has 0 fully saturated rings. The lowest BCUT2D eigenvalue weighted by atomic mass is 9.78. The third-order valence-electron chi connectivity index (χ3n) is 3.68. The molecule has 2 aromatic carbocycles. The van der Waals surface area contributed by atoms with Gasteiger partial charge in [0, 0.05) is 11.3 Å². The van der Waals surface area contributed by atoms with Crippen molar-refractivity contribution < 1.29 is 4.74 Å². The first-order valence-corrected chi connectivity index (χ1v) is 8.40. The van der Waals surface area contributed by atoms with Crippen LogP contribution in [0.3, 0.4) is 0 Å². The van der Waals surface area contributed by atoms with E-state index in [1.165, 1.54) is 5.56 Å². The quantitative estimate of drug-likeness (QED) is 0.447. The summed E-state index contributed by atoms with van der Waals surface area (Å²) in [5.41, 5.74) is 2.00. The number of benzene rings is 2. The highest BCUT2D eigenvalue weighted by Gasteiger charge is 2.25. The van der Waals surface area contributed by atoms with Crippen LogP contribution >= 0.6 is 34.8 Å². The molecule has 22 heavy (non-hydrogen) atoms.